The number of Topliss-reactive ketones (excluding diaryl/α,β-unsaturated/α-hetero) is 1. The van der Waals surface area contributed by atoms with Crippen LogP contribution in [0.2, 0.25) is 5.02 Å². The zero-order valence-corrected chi connectivity index (χ0v) is 17.4. The second kappa shape index (κ2) is 7.87. The van der Waals surface area contributed by atoms with E-state index < -0.39 is 5.82 Å². The molecule has 7 heteroatoms. The van der Waals surface area contributed by atoms with Crippen LogP contribution in [0.5, 0.6) is 11.5 Å². The topological polar surface area (TPSA) is 38.8 Å². The van der Waals surface area contributed by atoms with E-state index in [4.69, 9.17) is 21.1 Å². The van der Waals surface area contributed by atoms with Crippen LogP contribution in [-0.2, 0) is 13.0 Å². The molecule has 0 unspecified atom stereocenters. The minimum Gasteiger partial charge on any atom is -0.478 e. The maximum atomic E-state index is 14.2. The summed E-state index contributed by atoms with van der Waals surface area (Å²) in [5, 5.41) is 2.29. The van der Waals surface area contributed by atoms with Gasteiger partial charge in [-0.25, -0.2) is 4.39 Å². The van der Waals surface area contributed by atoms with E-state index in [1.54, 1.807) is 29.5 Å². The highest BCUT2D eigenvalue weighted by Crippen LogP contribution is 2.42. The van der Waals surface area contributed by atoms with Gasteiger partial charge in [-0.2, -0.15) is 0 Å². The third-order valence-corrected chi connectivity index (χ3v) is 6.48. The van der Waals surface area contributed by atoms with Crippen LogP contribution in [0.1, 0.15) is 26.4 Å². The van der Waals surface area contributed by atoms with Crippen LogP contribution in [0.3, 0.4) is 0 Å². The minimum absolute atomic E-state index is 0.0566. The Morgan fingerprint density at radius 3 is 2.90 bits per heavy atom. The van der Waals surface area contributed by atoms with Crippen molar-refractivity contribution in [1.82, 2.24) is 4.90 Å². The van der Waals surface area contributed by atoms with Gasteiger partial charge in [0.15, 0.2) is 5.76 Å². The number of ketones is 1. The van der Waals surface area contributed by atoms with E-state index in [0.717, 1.165) is 18.5 Å². The number of allylic oxidation sites excluding steroid dienone is 1. The third kappa shape index (κ3) is 3.51. The zero-order chi connectivity index (χ0) is 20.7. The molecule has 0 spiro atoms. The Labute approximate surface area is 182 Å². The SMILES string of the molecule is O=C1/C(=C/c2c(F)cccc2Cl)Oc2c1ccc1c2CN(CCc2cccs2)CO1. The molecule has 2 aliphatic rings. The number of halogens is 2. The molecule has 0 saturated carbocycles. The molecule has 152 valence electrons. The Kier molecular flexibility index (Phi) is 5.06. The Balaban J connectivity index is 1.42. The molecule has 0 amide bonds. The van der Waals surface area contributed by atoms with E-state index in [9.17, 15) is 9.18 Å². The smallest absolute Gasteiger partial charge is 0.231 e. The lowest BCUT2D eigenvalue weighted by atomic mass is 10.0. The largest absolute Gasteiger partial charge is 0.478 e. The second-order valence-electron chi connectivity index (χ2n) is 7.15. The maximum absolute atomic E-state index is 14.2. The molecule has 1 aromatic heterocycles. The Morgan fingerprint density at radius 1 is 1.20 bits per heavy atom. The highest BCUT2D eigenvalue weighted by atomic mass is 35.5. The van der Waals surface area contributed by atoms with E-state index in [2.05, 4.69) is 16.3 Å². The summed E-state index contributed by atoms with van der Waals surface area (Å²) in [5.41, 5.74) is 1.43. The van der Waals surface area contributed by atoms with Gasteiger partial charge in [-0.1, -0.05) is 23.7 Å². The summed E-state index contributed by atoms with van der Waals surface area (Å²) in [6.45, 7) is 1.94. The highest BCUT2D eigenvalue weighted by molar-refractivity contribution is 7.09. The summed E-state index contributed by atoms with van der Waals surface area (Å²) in [6, 6.07) is 12.0. The number of fused-ring (bicyclic) bond motifs is 3. The molecule has 0 radical (unpaired) electrons. The summed E-state index contributed by atoms with van der Waals surface area (Å²) in [6.07, 6.45) is 2.30. The number of hydrogen-bond donors (Lipinski definition) is 0. The molecule has 0 fully saturated rings. The lowest BCUT2D eigenvalue weighted by Crippen LogP contribution is -2.33. The van der Waals surface area contributed by atoms with Gasteiger partial charge in [0.25, 0.3) is 0 Å². The van der Waals surface area contributed by atoms with Crippen molar-refractivity contribution >= 4 is 34.8 Å². The van der Waals surface area contributed by atoms with Crippen molar-refractivity contribution in [3.63, 3.8) is 0 Å². The summed E-state index contributed by atoms with van der Waals surface area (Å²) < 4.78 is 26.0. The number of benzene rings is 2. The molecule has 5 rings (SSSR count). The fraction of sp³-hybridized carbons (Fsp3) is 0.174. The Hall–Kier alpha value is -2.67. The summed E-state index contributed by atoms with van der Waals surface area (Å²) in [7, 11) is 0. The molecule has 0 bridgehead atoms. The van der Waals surface area contributed by atoms with Crippen LogP contribution in [0, 0.1) is 5.82 Å². The highest BCUT2D eigenvalue weighted by Gasteiger charge is 2.33. The van der Waals surface area contributed by atoms with Crippen molar-refractivity contribution in [2.75, 3.05) is 13.3 Å². The first-order valence-electron chi connectivity index (χ1n) is 9.52. The standard InChI is InChI=1S/C23H17ClFNO3S/c24-18-4-1-5-19(25)16(18)11-21-22(27)15-6-7-20-17(23(15)29-21)12-26(13-28-20)9-8-14-3-2-10-30-14/h1-7,10-11H,8-9,12-13H2/b21-11-. The van der Waals surface area contributed by atoms with Gasteiger partial charge in [0.2, 0.25) is 5.78 Å². The van der Waals surface area contributed by atoms with Gasteiger partial charge in [0.05, 0.1) is 16.1 Å². The van der Waals surface area contributed by atoms with E-state index in [0.29, 0.717) is 30.3 Å². The monoisotopic (exact) mass is 441 g/mol. The normalized spacial score (nSPS) is 16.9. The molecule has 2 aromatic carbocycles. The first-order chi connectivity index (χ1) is 14.6. The predicted molar refractivity (Wildman–Crippen MR) is 115 cm³/mol. The van der Waals surface area contributed by atoms with Gasteiger partial charge in [-0.15, -0.1) is 11.3 Å². The van der Waals surface area contributed by atoms with Crippen LogP contribution >= 0.6 is 22.9 Å². The van der Waals surface area contributed by atoms with Gasteiger partial charge >= 0.3 is 0 Å². The Bertz CT molecular complexity index is 1140. The number of carbonyl (C=O) groups excluding carboxylic acids is 1. The van der Waals surface area contributed by atoms with E-state index in [-0.39, 0.29) is 22.1 Å². The first-order valence-corrected chi connectivity index (χ1v) is 10.8. The van der Waals surface area contributed by atoms with E-state index in [1.807, 2.05) is 6.07 Å². The van der Waals surface area contributed by atoms with Crippen molar-refractivity contribution in [2.45, 2.75) is 13.0 Å². The average Bonchev–Trinajstić information content (AvgIpc) is 3.37. The lowest BCUT2D eigenvalue weighted by Gasteiger charge is -2.29. The fourth-order valence-corrected chi connectivity index (χ4v) is 4.57. The van der Waals surface area contributed by atoms with E-state index in [1.165, 1.54) is 23.1 Å². The van der Waals surface area contributed by atoms with Crippen molar-refractivity contribution in [1.29, 1.82) is 0 Å². The molecular weight excluding hydrogens is 425 g/mol. The quantitative estimate of drug-likeness (QED) is 0.497. The Morgan fingerprint density at radius 2 is 2.10 bits per heavy atom. The molecule has 4 nitrogen and oxygen atoms in total. The average molecular weight is 442 g/mol. The molecule has 2 aliphatic heterocycles. The third-order valence-electron chi connectivity index (χ3n) is 5.21. The number of hydrogen-bond acceptors (Lipinski definition) is 5. The van der Waals surface area contributed by atoms with Gasteiger partial charge in [0, 0.05) is 23.5 Å². The number of carbonyl (C=O) groups is 1. The minimum atomic E-state index is -0.507. The molecule has 0 aliphatic carbocycles. The van der Waals surface area contributed by atoms with Gasteiger partial charge in [0.1, 0.15) is 24.0 Å². The van der Waals surface area contributed by atoms with Crippen LogP contribution in [0.4, 0.5) is 4.39 Å². The summed E-state index contributed by atoms with van der Waals surface area (Å²) >= 11 is 7.84. The van der Waals surface area contributed by atoms with Gasteiger partial charge in [-0.3, -0.25) is 9.69 Å². The van der Waals surface area contributed by atoms with Gasteiger partial charge in [-0.05, 0) is 48.2 Å². The second-order valence-corrected chi connectivity index (χ2v) is 8.59. The molecule has 0 atom stereocenters. The van der Waals surface area contributed by atoms with Crippen molar-refractivity contribution < 1.29 is 18.7 Å². The molecule has 0 saturated heterocycles. The number of ether oxygens (including phenoxy) is 2. The maximum Gasteiger partial charge on any atom is 0.231 e. The van der Waals surface area contributed by atoms with Gasteiger partial charge < -0.3 is 9.47 Å². The van der Waals surface area contributed by atoms with Crippen LogP contribution in [-0.4, -0.2) is 24.0 Å². The van der Waals surface area contributed by atoms with E-state index >= 15 is 0 Å². The number of nitrogens with zero attached hydrogens (tertiary/aromatic N) is 1. The molecule has 30 heavy (non-hydrogen) atoms. The fourth-order valence-electron chi connectivity index (χ4n) is 3.65. The van der Waals surface area contributed by atoms with Crippen LogP contribution in [0.15, 0.2) is 53.6 Å². The van der Waals surface area contributed by atoms with Crippen LogP contribution < -0.4 is 9.47 Å². The zero-order valence-electron chi connectivity index (χ0n) is 15.9. The first kappa shape index (κ1) is 19.3. The van der Waals surface area contributed by atoms with Crippen molar-refractivity contribution in [3.05, 3.63) is 86.0 Å². The number of thiophene rings is 1. The van der Waals surface area contributed by atoms with Crippen LogP contribution in [0.25, 0.3) is 6.08 Å². The summed E-state index contributed by atoms with van der Waals surface area (Å²) in [4.78, 5) is 16.3. The molecule has 0 N–H and O–H groups in total. The summed E-state index contributed by atoms with van der Waals surface area (Å²) in [5.74, 6) is 0.451. The van der Waals surface area contributed by atoms with Crippen molar-refractivity contribution in [3.8, 4) is 11.5 Å². The molecule has 3 heterocycles. The molecule has 3 aromatic rings. The van der Waals surface area contributed by atoms with Crippen molar-refractivity contribution in [2.24, 2.45) is 0 Å². The number of rotatable bonds is 4. The predicted octanol–water partition coefficient (Wildman–Crippen LogP) is 5.55. The lowest BCUT2D eigenvalue weighted by molar-refractivity contribution is 0.0951. The molecular formula is C23H17ClFNO3S.